The van der Waals surface area contributed by atoms with Gasteiger partial charge in [0.05, 0.1) is 26.1 Å². The van der Waals surface area contributed by atoms with E-state index in [1.54, 1.807) is 32.2 Å². The largest absolute Gasteiger partial charge is 0.497 e. The number of nitrogens with one attached hydrogen (secondary N) is 1. The molecule has 2 atom stereocenters. The van der Waals surface area contributed by atoms with Gasteiger partial charge >= 0.3 is 12.3 Å². The zero-order valence-electron chi connectivity index (χ0n) is 34.5. The number of alkyl halides is 3. The zero-order chi connectivity index (χ0) is 42.5. The Morgan fingerprint density at radius 3 is 2.02 bits per heavy atom. The molecule has 0 saturated carbocycles. The van der Waals surface area contributed by atoms with E-state index in [2.05, 4.69) is 20.3 Å². The average Bonchev–Trinajstić information content (AvgIpc) is 3.63. The van der Waals surface area contributed by atoms with Gasteiger partial charge in [-0.05, 0) is 81.1 Å². The number of aliphatic hydroxyl groups is 1. The van der Waals surface area contributed by atoms with E-state index in [1.165, 1.54) is 10.7 Å². The number of carbonyl (C=O) groups is 1. The summed E-state index contributed by atoms with van der Waals surface area (Å²) in [5.74, 6) is 2.03. The van der Waals surface area contributed by atoms with Crippen molar-refractivity contribution < 1.29 is 37.3 Å². The van der Waals surface area contributed by atoms with Crippen LogP contribution in [-0.4, -0.2) is 98.9 Å². The number of anilines is 3. The maximum absolute atomic E-state index is 14.3. The third-order valence-corrected chi connectivity index (χ3v) is 9.91. The van der Waals surface area contributed by atoms with Crippen molar-refractivity contribution in [2.45, 2.75) is 84.5 Å². The van der Waals surface area contributed by atoms with E-state index in [0.717, 1.165) is 16.7 Å². The molecule has 1 amide bonds. The Balaban J connectivity index is 1.36. The van der Waals surface area contributed by atoms with Crippen LogP contribution >= 0.6 is 0 Å². The molecule has 4 heterocycles. The lowest BCUT2D eigenvalue weighted by Crippen LogP contribution is -2.50. The molecular weight excluding hydrogens is 768 g/mol. The highest BCUT2D eigenvalue weighted by Gasteiger charge is 2.40. The molecule has 1 fully saturated rings. The molecule has 14 nitrogen and oxygen atoms in total. The van der Waals surface area contributed by atoms with Gasteiger partial charge in [0, 0.05) is 51.0 Å². The van der Waals surface area contributed by atoms with Crippen molar-refractivity contribution in [2.24, 2.45) is 0 Å². The van der Waals surface area contributed by atoms with E-state index >= 15 is 0 Å². The molecule has 2 unspecified atom stereocenters. The summed E-state index contributed by atoms with van der Waals surface area (Å²) in [4.78, 5) is 32.3. The second-order valence-corrected chi connectivity index (χ2v) is 15.5. The van der Waals surface area contributed by atoms with E-state index < -0.39 is 23.9 Å². The van der Waals surface area contributed by atoms with Gasteiger partial charge in [-0.3, -0.25) is 0 Å². The molecule has 0 spiro atoms. The molecule has 0 bridgehead atoms. The molecule has 0 aliphatic carbocycles. The van der Waals surface area contributed by atoms with Crippen LogP contribution in [0.15, 0.2) is 67.0 Å². The zero-order valence-corrected chi connectivity index (χ0v) is 34.5. The number of nitrogens with zero attached hydrogens (tertiary/aromatic N) is 8. The number of benzene rings is 2. The van der Waals surface area contributed by atoms with Gasteiger partial charge in [0.1, 0.15) is 35.1 Å². The topological polar surface area (TPSA) is 143 Å². The van der Waals surface area contributed by atoms with Crippen molar-refractivity contribution in [1.82, 2.24) is 29.5 Å². The standard InChI is InChI=1S/C42H52F3N9O5/c1-8-9-34(42(43,44)45)48-39-49-38(53(25-28-10-14-31(57-6)15-11-28)26-29-12-16-32(58-7)17-13-29)37-47-24-33(54(37)50-39)35(55)30-22-27(2)36(46-23-30)51-18-20-52(21-19-51)40(56)59-41(3,4)5/h10-17,22-24,34-35,55H,8-9,18-21,25-26H2,1-7H3,(H,48,50). The van der Waals surface area contributed by atoms with Crippen LogP contribution in [-0.2, 0) is 17.8 Å². The van der Waals surface area contributed by atoms with Crippen molar-refractivity contribution in [3.8, 4) is 11.5 Å². The number of hydrogen-bond acceptors (Lipinski definition) is 12. The van der Waals surface area contributed by atoms with Gasteiger partial charge in [-0.1, -0.05) is 37.6 Å². The third kappa shape index (κ3) is 10.4. The van der Waals surface area contributed by atoms with Crippen LogP contribution in [0.3, 0.4) is 0 Å². The Labute approximate surface area is 341 Å². The fourth-order valence-corrected chi connectivity index (χ4v) is 6.88. The molecule has 316 valence electrons. The summed E-state index contributed by atoms with van der Waals surface area (Å²) in [6.07, 6.45) is -3.16. The number of imidazole rings is 1. The van der Waals surface area contributed by atoms with Gasteiger partial charge in [-0.2, -0.15) is 18.2 Å². The molecule has 6 rings (SSSR count). The van der Waals surface area contributed by atoms with E-state index in [9.17, 15) is 23.1 Å². The molecule has 1 aliphatic heterocycles. The van der Waals surface area contributed by atoms with Gasteiger partial charge in [0.2, 0.25) is 5.95 Å². The fourth-order valence-electron chi connectivity index (χ4n) is 6.88. The molecule has 2 N–H and O–H groups in total. The minimum Gasteiger partial charge on any atom is -0.497 e. The number of carbonyl (C=O) groups excluding carboxylic acids is 1. The summed E-state index contributed by atoms with van der Waals surface area (Å²) >= 11 is 0. The predicted octanol–water partition coefficient (Wildman–Crippen LogP) is 7.33. The van der Waals surface area contributed by atoms with Gasteiger partial charge in [-0.15, -0.1) is 5.10 Å². The summed E-state index contributed by atoms with van der Waals surface area (Å²) in [7, 11) is 3.16. The smallest absolute Gasteiger partial charge is 0.410 e. The monoisotopic (exact) mass is 819 g/mol. The molecule has 0 radical (unpaired) electrons. The molecular formula is C42H52F3N9O5. The normalized spacial score (nSPS) is 14.6. The van der Waals surface area contributed by atoms with E-state index in [1.807, 2.05) is 87.2 Å². The number of ether oxygens (including phenoxy) is 3. The first-order valence-corrected chi connectivity index (χ1v) is 19.5. The number of methoxy groups -OCH3 is 2. The lowest BCUT2D eigenvalue weighted by atomic mass is 10.1. The molecule has 17 heteroatoms. The lowest BCUT2D eigenvalue weighted by molar-refractivity contribution is -0.143. The van der Waals surface area contributed by atoms with Crippen molar-refractivity contribution >= 4 is 29.3 Å². The number of piperazine rings is 1. The van der Waals surface area contributed by atoms with E-state index in [0.29, 0.717) is 62.1 Å². The van der Waals surface area contributed by atoms with Gasteiger partial charge in [0.25, 0.3) is 0 Å². The van der Waals surface area contributed by atoms with Crippen LogP contribution in [0, 0.1) is 6.92 Å². The number of amides is 1. The number of fused-ring (bicyclic) bond motifs is 1. The number of halogens is 3. The predicted molar refractivity (Wildman–Crippen MR) is 218 cm³/mol. The highest BCUT2D eigenvalue weighted by Crippen LogP contribution is 2.32. The van der Waals surface area contributed by atoms with Crippen LogP contribution in [0.5, 0.6) is 11.5 Å². The Bertz CT molecular complexity index is 2140. The number of aryl methyl sites for hydroxylation is 1. The van der Waals surface area contributed by atoms with Crippen LogP contribution in [0.1, 0.15) is 74.6 Å². The van der Waals surface area contributed by atoms with Crippen molar-refractivity contribution in [3.63, 3.8) is 0 Å². The average molecular weight is 820 g/mol. The lowest BCUT2D eigenvalue weighted by Gasteiger charge is -2.36. The van der Waals surface area contributed by atoms with Gasteiger partial charge in [-0.25, -0.2) is 19.3 Å². The summed E-state index contributed by atoms with van der Waals surface area (Å²) in [6, 6.07) is 14.8. The minimum atomic E-state index is -4.58. The van der Waals surface area contributed by atoms with Crippen LogP contribution in [0.2, 0.25) is 0 Å². The summed E-state index contributed by atoms with van der Waals surface area (Å²) in [5.41, 5.74) is 2.83. The van der Waals surface area contributed by atoms with Crippen molar-refractivity contribution in [3.05, 3.63) is 94.9 Å². The quantitative estimate of drug-likeness (QED) is 0.116. The second-order valence-electron chi connectivity index (χ2n) is 15.5. The fraction of sp³-hybridized carbons (Fsp3) is 0.452. The van der Waals surface area contributed by atoms with Gasteiger partial charge in [0.15, 0.2) is 11.5 Å². The summed E-state index contributed by atoms with van der Waals surface area (Å²) in [5, 5.41) is 19.0. The molecule has 59 heavy (non-hydrogen) atoms. The molecule has 5 aromatic rings. The molecule has 1 saturated heterocycles. The number of rotatable bonds is 14. The Morgan fingerprint density at radius 2 is 1.51 bits per heavy atom. The minimum absolute atomic E-state index is 0.200. The van der Waals surface area contributed by atoms with Crippen molar-refractivity contribution in [2.75, 3.05) is 55.5 Å². The molecule has 3 aromatic heterocycles. The highest BCUT2D eigenvalue weighted by molar-refractivity contribution is 5.69. The first-order valence-electron chi connectivity index (χ1n) is 19.5. The maximum Gasteiger partial charge on any atom is 0.410 e. The van der Waals surface area contributed by atoms with E-state index in [-0.39, 0.29) is 42.0 Å². The first kappa shape index (κ1) is 42.8. The van der Waals surface area contributed by atoms with Gasteiger partial charge < -0.3 is 39.3 Å². The number of pyridine rings is 1. The maximum atomic E-state index is 14.3. The Hall–Kier alpha value is -5.84. The van der Waals surface area contributed by atoms with E-state index in [4.69, 9.17) is 24.2 Å². The number of hydrogen-bond donors (Lipinski definition) is 2. The van der Waals surface area contributed by atoms with Crippen LogP contribution < -0.4 is 24.6 Å². The number of aliphatic hydroxyl groups excluding tert-OH is 1. The summed E-state index contributed by atoms with van der Waals surface area (Å²) < 4.78 is 60.5. The SMILES string of the molecule is CCCC(Nc1nc(N(Cc2ccc(OC)cc2)Cc2ccc(OC)cc2)c2ncc(C(O)c3cnc(N4CCN(C(=O)OC(C)(C)C)CC4)c(C)c3)n2n1)C(F)(F)F. The highest BCUT2D eigenvalue weighted by atomic mass is 19.4. The Kier molecular flexibility index (Phi) is 13.0. The first-order chi connectivity index (χ1) is 28.1. The second kappa shape index (κ2) is 18.0. The summed E-state index contributed by atoms with van der Waals surface area (Å²) in [6.45, 7) is 11.6. The van der Waals surface area contributed by atoms with Crippen molar-refractivity contribution in [1.29, 1.82) is 0 Å². The number of aromatic nitrogens is 5. The van der Waals surface area contributed by atoms with Crippen LogP contribution in [0.4, 0.5) is 35.5 Å². The Morgan fingerprint density at radius 1 is 0.915 bits per heavy atom. The van der Waals surface area contributed by atoms with Crippen LogP contribution in [0.25, 0.3) is 5.65 Å². The third-order valence-electron chi connectivity index (χ3n) is 9.91. The molecule has 2 aromatic carbocycles. The molecule has 1 aliphatic rings.